The van der Waals surface area contributed by atoms with Gasteiger partial charge in [0, 0.05) is 5.38 Å². The topological polar surface area (TPSA) is 0 Å². The zero-order valence-corrected chi connectivity index (χ0v) is 3.87. The molecule has 0 saturated heterocycles. The van der Waals surface area contributed by atoms with Crippen molar-refractivity contribution in [3.05, 3.63) is 6.42 Å². The van der Waals surface area contributed by atoms with E-state index in [0.717, 1.165) is 0 Å². The summed E-state index contributed by atoms with van der Waals surface area (Å²) in [7, 11) is 0. The van der Waals surface area contributed by atoms with Crippen LogP contribution in [0.3, 0.4) is 0 Å². The normalized spacial score (nSPS) is 49.2. The SMILES string of the molecule is CC1[CH]C1Cl. The van der Waals surface area contributed by atoms with Crippen LogP contribution in [0.5, 0.6) is 0 Å². The van der Waals surface area contributed by atoms with E-state index in [1.165, 1.54) is 0 Å². The molecule has 1 radical (unpaired) electrons. The second-order valence-corrected chi connectivity index (χ2v) is 2.00. The van der Waals surface area contributed by atoms with Crippen LogP contribution in [0, 0.1) is 12.3 Å². The van der Waals surface area contributed by atoms with Crippen LogP contribution in [0.25, 0.3) is 0 Å². The zero-order valence-electron chi connectivity index (χ0n) is 3.11. The van der Waals surface area contributed by atoms with Crippen LogP contribution in [0.1, 0.15) is 6.92 Å². The highest BCUT2D eigenvalue weighted by Crippen LogP contribution is 2.33. The third-order valence-corrected chi connectivity index (χ3v) is 1.39. The fraction of sp³-hybridized carbons (Fsp3) is 0.750. The van der Waals surface area contributed by atoms with Crippen molar-refractivity contribution in [2.75, 3.05) is 0 Å². The van der Waals surface area contributed by atoms with Crippen LogP contribution in [0.2, 0.25) is 0 Å². The van der Waals surface area contributed by atoms with E-state index in [1.54, 1.807) is 0 Å². The third kappa shape index (κ3) is 0.569. The quantitative estimate of drug-likeness (QED) is 0.394. The maximum absolute atomic E-state index is 5.48. The third-order valence-electron chi connectivity index (χ3n) is 0.849. The molecule has 0 spiro atoms. The van der Waals surface area contributed by atoms with Gasteiger partial charge in [-0.15, -0.1) is 11.6 Å². The van der Waals surface area contributed by atoms with Crippen molar-refractivity contribution in [2.45, 2.75) is 12.3 Å². The molecule has 0 bridgehead atoms. The molecule has 0 aromatic carbocycles. The van der Waals surface area contributed by atoms with Crippen LogP contribution in [-0.4, -0.2) is 5.38 Å². The van der Waals surface area contributed by atoms with Crippen molar-refractivity contribution < 1.29 is 0 Å². The molecule has 5 heavy (non-hydrogen) atoms. The van der Waals surface area contributed by atoms with E-state index in [-0.39, 0.29) is 0 Å². The van der Waals surface area contributed by atoms with Gasteiger partial charge in [0.25, 0.3) is 0 Å². The van der Waals surface area contributed by atoms with E-state index in [4.69, 9.17) is 11.6 Å². The van der Waals surface area contributed by atoms with E-state index >= 15 is 0 Å². The molecule has 0 heterocycles. The Bertz CT molecular complexity index is 36.9. The first kappa shape index (κ1) is 3.48. The largest absolute Gasteiger partial charge is 0.122 e. The first-order valence-corrected chi connectivity index (χ1v) is 2.23. The Morgan fingerprint density at radius 2 is 2.00 bits per heavy atom. The second kappa shape index (κ2) is 0.874. The summed E-state index contributed by atoms with van der Waals surface area (Å²) < 4.78 is 0. The number of rotatable bonds is 0. The highest BCUT2D eigenvalue weighted by atomic mass is 35.5. The van der Waals surface area contributed by atoms with E-state index in [1.807, 2.05) is 0 Å². The van der Waals surface area contributed by atoms with Crippen molar-refractivity contribution in [3.8, 4) is 0 Å². The summed E-state index contributed by atoms with van der Waals surface area (Å²) in [5, 5.41) is 0.398. The molecule has 0 amide bonds. The molecule has 29 valence electrons. The molecule has 1 aliphatic rings. The van der Waals surface area contributed by atoms with Crippen molar-refractivity contribution in [1.82, 2.24) is 0 Å². The molecule has 1 aliphatic carbocycles. The van der Waals surface area contributed by atoms with Gasteiger partial charge in [0.1, 0.15) is 0 Å². The van der Waals surface area contributed by atoms with E-state index < -0.39 is 0 Å². The first-order valence-electron chi connectivity index (χ1n) is 1.80. The average Bonchev–Trinajstić information content (AvgIpc) is 1.79. The number of alkyl halides is 1. The lowest BCUT2D eigenvalue weighted by atomic mass is 10.5. The Morgan fingerprint density at radius 1 is 1.80 bits per heavy atom. The first-order chi connectivity index (χ1) is 2.30. The molecule has 1 rings (SSSR count). The van der Waals surface area contributed by atoms with Gasteiger partial charge in [-0.1, -0.05) is 6.92 Å². The highest BCUT2D eigenvalue weighted by Gasteiger charge is 2.29. The molecule has 0 aromatic rings. The van der Waals surface area contributed by atoms with E-state index in [0.29, 0.717) is 11.3 Å². The Kier molecular flexibility index (Phi) is 0.608. The van der Waals surface area contributed by atoms with Gasteiger partial charge in [-0.05, 0) is 12.3 Å². The fourth-order valence-corrected chi connectivity index (χ4v) is 0.455. The second-order valence-electron chi connectivity index (χ2n) is 1.50. The van der Waals surface area contributed by atoms with Crippen molar-refractivity contribution >= 4 is 11.6 Å². The smallest absolute Gasteiger partial charge is 0.0399 e. The van der Waals surface area contributed by atoms with Crippen LogP contribution in [0.15, 0.2) is 0 Å². The molecule has 0 aliphatic heterocycles. The van der Waals surface area contributed by atoms with Crippen molar-refractivity contribution in [2.24, 2.45) is 5.92 Å². The van der Waals surface area contributed by atoms with Crippen LogP contribution < -0.4 is 0 Å². The molecule has 2 unspecified atom stereocenters. The summed E-state index contributed by atoms with van der Waals surface area (Å²) in [4.78, 5) is 0. The molecule has 1 saturated carbocycles. The Labute approximate surface area is 37.1 Å². The van der Waals surface area contributed by atoms with Crippen LogP contribution >= 0.6 is 11.6 Å². The molecule has 0 N–H and O–H groups in total. The lowest BCUT2D eigenvalue weighted by molar-refractivity contribution is 1.02. The maximum Gasteiger partial charge on any atom is 0.0399 e. The van der Waals surface area contributed by atoms with Gasteiger partial charge in [0.05, 0.1) is 0 Å². The Balaban J connectivity index is 2.20. The molecule has 2 atom stereocenters. The fourth-order valence-electron chi connectivity index (χ4n) is 0.226. The van der Waals surface area contributed by atoms with Gasteiger partial charge in [-0.25, -0.2) is 0 Å². The van der Waals surface area contributed by atoms with Gasteiger partial charge in [-0.3, -0.25) is 0 Å². The Hall–Kier alpha value is 0.290. The standard InChI is InChI=1S/C4H6Cl/c1-3-2-4(3)5/h2-4H,1H3. The predicted octanol–water partition coefficient (Wildman–Crippen LogP) is 1.45. The summed E-state index contributed by atoms with van der Waals surface area (Å²) in [5.41, 5.74) is 0. The number of hydrogen-bond acceptors (Lipinski definition) is 0. The minimum absolute atomic E-state index is 0.398. The van der Waals surface area contributed by atoms with Gasteiger partial charge < -0.3 is 0 Å². The minimum atomic E-state index is 0.398. The molecule has 0 nitrogen and oxygen atoms in total. The molecule has 0 aromatic heterocycles. The Morgan fingerprint density at radius 3 is 2.00 bits per heavy atom. The van der Waals surface area contributed by atoms with Crippen molar-refractivity contribution in [1.29, 1.82) is 0 Å². The summed E-state index contributed by atoms with van der Waals surface area (Å²) in [5.74, 6) is 0.691. The van der Waals surface area contributed by atoms with Crippen LogP contribution in [-0.2, 0) is 0 Å². The van der Waals surface area contributed by atoms with Gasteiger partial charge >= 0.3 is 0 Å². The summed E-state index contributed by atoms with van der Waals surface area (Å²) in [6.07, 6.45) is 2.10. The number of halogens is 1. The van der Waals surface area contributed by atoms with Gasteiger partial charge in [-0.2, -0.15) is 0 Å². The van der Waals surface area contributed by atoms with Gasteiger partial charge in [0.2, 0.25) is 0 Å². The summed E-state index contributed by atoms with van der Waals surface area (Å²) in [6, 6.07) is 0. The predicted molar refractivity (Wildman–Crippen MR) is 23.1 cm³/mol. The van der Waals surface area contributed by atoms with E-state index in [2.05, 4.69) is 13.3 Å². The lowest BCUT2D eigenvalue weighted by Crippen LogP contribution is -1.61. The lowest BCUT2D eigenvalue weighted by Gasteiger charge is -1.64. The minimum Gasteiger partial charge on any atom is -0.122 e. The highest BCUT2D eigenvalue weighted by molar-refractivity contribution is 6.24. The van der Waals surface area contributed by atoms with Crippen LogP contribution in [0.4, 0.5) is 0 Å². The summed E-state index contributed by atoms with van der Waals surface area (Å²) >= 11 is 5.48. The average molecular weight is 89.5 g/mol. The molecule has 1 heteroatoms. The molecular weight excluding hydrogens is 83.5 g/mol. The number of hydrogen-bond donors (Lipinski definition) is 0. The molecule has 1 fully saturated rings. The van der Waals surface area contributed by atoms with Gasteiger partial charge in [0.15, 0.2) is 0 Å². The maximum atomic E-state index is 5.48. The van der Waals surface area contributed by atoms with Crippen molar-refractivity contribution in [3.63, 3.8) is 0 Å². The molecular formula is C4H6Cl. The van der Waals surface area contributed by atoms with E-state index in [9.17, 15) is 0 Å². The monoisotopic (exact) mass is 89.0 g/mol. The summed E-state index contributed by atoms with van der Waals surface area (Å²) in [6.45, 7) is 2.11. The zero-order chi connectivity index (χ0) is 3.86.